The Morgan fingerprint density at radius 3 is 2.37 bits per heavy atom. The third kappa shape index (κ3) is 7.33. The maximum atomic E-state index is 11.6. The van der Waals surface area contributed by atoms with Crippen LogP contribution in [0.1, 0.15) is 32.8 Å². The van der Waals surface area contributed by atoms with Crippen LogP contribution in [0.4, 0.5) is 0 Å². The molecule has 19 heavy (non-hydrogen) atoms. The van der Waals surface area contributed by atoms with Crippen molar-refractivity contribution in [2.24, 2.45) is 0 Å². The molecule has 0 radical (unpaired) electrons. The Labute approximate surface area is 124 Å². The molecule has 0 fully saturated rings. The second-order valence-corrected chi connectivity index (χ2v) is 6.62. The number of esters is 1. The first-order valence-electron chi connectivity index (χ1n) is 6.41. The van der Waals surface area contributed by atoms with E-state index in [-0.39, 0.29) is 5.97 Å². The van der Waals surface area contributed by atoms with Crippen molar-refractivity contribution in [3.05, 3.63) is 34.3 Å². The van der Waals surface area contributed by atoms with Crippen LogP contribution in [-0.2, 0) is 16.1 Å². The largest absolute Gasteiger partial charge is 0.460 e. The molecule has 3 nitrogen and oxygen atoms in total. The van der Waals surface area contributed by atoms with E-state index in [9.17, 15) is 4.79 Å². The molecule has 0 unspecified atom stereocenters. The smallest absolute Gasteiger partial charge is 0.307 e. The van der Waals surface area contributed by atoms with Gasteiger partial charge in [-0.15, -0.1) is 0 Å². The van der Waals surface area contributed by atoms with Gasteiger partial charge in [-0.2, -0.15) is 0 Å². The van der Waals surface area contributed by atoms with Gasteiger partial charge in [0.15, 0.2) is 0 Å². The highest BCUT2D eigenvalue weighted by atomic mass is 79.9. The number of carbonyl (C=O) groups excluding carboxylic acids is 1. The van der Waals surface area contributed by atoms with Crippen LogP contribution >= 0.6 is 15.9 Å². The molecule has 0 aliphatic rings. The summed E-state index contributed by atoms with van der Waals surface area (Å²) in [7, 11) is 2.01. The fraction of sp³-hybridized carbons (Fsp3) is 0.533. The maximum absolute atomic E-state index is 11.6. The summed E-state index contributed by atoms with van der Waals surface area (Å²) in [6, 6.07) is 8.20. The van der Waals surface area contributed by atoms with Crippen molar-refractivity contribution in [3.63, 3.8) is 0 Å². The first-order chi connectivity index (χ1) is 8.76. The number of rotatable bonds is 5. The van der Waals surface area contributed by atoms with Gasteiger partial charge in [-0.1, -0.05) is 28.1 Å². The first kappa shape index (κ1) is 16.2. The predicted molar refractivity (Wildman–Crippen MR) is 80.9 cm³/mol. The predicted octanol–water partition coefficient (Wildman–Crippen LogP) is 3.61. The molecule has 0 spiro atoms. The Balaban J connectivity index is 2.33. The molecule has 0 aliphatic heterocycles. The summed E-state index contributed by atoms with van der Waals surface area (Å²) in [5.41, 5.74) is 0.830. The van der Waals surface area contributed by atoms with Crippen molar-refractivity contribution in [3.8, 4) is 0 Å². The van der Waals surface area contributed by atoms with E-state index in [0.29, 0.717) is 13.0 Å². The number of hydrogen-bond donors (Lipinski definition) is 0. The van der Waals surface area contributed by atoms with E-state index in [4.69, 9.17) is 4.74 Å². The lowest BCUT2D eigenvalue weighted by molar-refractivity contribution is -0.155. The third-order valence-electron chi connectivity index (χ3n) is 2.48. The van der Waals surface area contributed by atoms with E-state index in [0.717, 1.165) is 11.0 Å². The Bertz CT molecular complexity index is 409. The molecule has 4 heteroatoms. The van der Waals surface area contributed by atoms with Gasteiger partial charge >= 0.3 is 5.97 Å². The molecule has 0 saturated heterocycles. The molecule has 1 aromatic carbocycles. The maximum Gasteiger partial charge on any atom is 0.307 e. The lowest BCUT2D eigenvalue weighted by atomic mass is 10.2. The molecule has 0 aromatic heterocycles. The van der Waals surface area contributed by atoms with E-state index in [1.54, 1.807) is 0 Å². The summed E-state index contributed by atoms with van der Waals surface area (Å²) in [6.07, 6.45) is 0.421. The summed E-state index contributed by atoms with van der Waals surface area (Å²) in [5.74, 6) is -0.143. The molecule has 106 valence electrons. The summed E-state index contributed by atoms with van der Waals surface area (Å²) in [5, 5.41) is 0. The third-order valence-corrected chi connectivity index (χ3v) is 3.01. The van der Waals surface area contributed by atoms with E-state index >= 15 is 0 Å². The topological polar surface area (TPSA) is 29.5 Å². The number of nitrogens with zero attached hydrogens (tertiary/aromatic N) is 1. The van der Waals surface area contributed by atoms with Crippen molar-refractivity contribution in [2.45, 2.75) is 39.3 Å². The molecule has 0 saturated carbocycles. The van der Waals surface area contributed by atoms with Gasteiger partial charge in [-0.05, 0) is 45.5 Å². The molecule has 1 rings (SSSR count). The average Bonchev–Trinajstić information content (AvgIpc) is 2.27. The Hall–Kier alpha value is -0.870. The molecule has 0 amide bonds. The second kappa shape index (κ2) is 7.06. The van der Waals surface area contributed by atoms with Gasteiger partial charge in [0.05, 0.1) is 6.42 Å². The number of hydrogen-bond acceptors (Lipinski definition) is 3. The summed E-state index contributed by atoms with van der Waals surface area (Å²) >= 11 is 3.41. The number of ether oxygens (including phenoxy) is 1. The average molecular weight is 328 g/mol. The lowest BCUT2D eigenvalue weighted by Crippen LogP contribution is -2.27. The Kier molecular flexibility index (Phi) is 6.01. The zero-order chi connectivity index (χ0) is 14.5. The van der Waals surface area contributed by atoms with Gasteiger partial charge < -0.3 is 9.64 Å². The molecule has 0 aliphatic carbocycles. The van der Waals surface area contributed by atoms with E-state index in [1.165, 1.54) is 5.56 Å². The minimum atomic E-state index is -0.401. The van der Waals surface area contributed by atoms with Crippen molar-refractivity contribution >= 4 is 21.9 Å². The highest BCUT2D eigenvalue weighted by Crippen LogP contribution is 2.12. The molecular formula is C15H22BrNO2. The highest BCUT2D eigenvalue weighted by molar-refractivity contribution is 9.10. The Morgan fingerprint density at radius 2 is 1.84 bits per heavy atom. The zero-order valence-electron chi connectivity index (χ0n) is 12.1. The van der Waals surface area contributed by atoms with Gasteiger partial charge in [-0.25, -0.2) is 0 Å². The summed E-state index contributed by atoms with van der Waals surface area (Å²) < 4.78 is 6.36. The van der Waals surface area contributed by atoms with Crippen LogP contribution in [0.25, 0.3) is 0 Å². The van der Waals surface area contributed by atoms with Crippen LogP contribution < -0.4 is 0 Å². The molecule has 0 N–H and O–H groups in total. The summed E-state index contributed by atoms with van der Waals surface area (Å²) in [4.78, 5) is 13.7. The number of benzene rings is 1. The van der Waals surface area contributed by atoms with Crippen molar-refractivity contribution in [1.29, 1.82) is 0 Å². The highest BCUT2D eigenvalue weighted by Gasteiger charge is 2.16. The second-order valence-electron chi connectivity index (χ2n) is 5.70. The molecule has 1 aromatic rings. The van der Waals surface area contributed by atoms with Crippen molar-refractivity contribution in [2.75, 3.05) is 13.6 Å². The van der Waals surface area contributed by atoms with Gasteiger partial charge in [-0.3, -0.25) is 4.79 Å². The fourth-order valence-electron chi connectivity index (χ4n) is 1.66. The molecular weight excluding hydrogens is 306 g/mol. The van der Waals surface area contributed by atoms with Crippen LogP contribution in [0.3, 0.4) is 0 Å². The van der Waals surface area contributed by atoms with E-state index in [2.05, 4.69) is 33.0 Å². The fourth-order valence-corrected chi connectivity index (χ4v) is 1.92. The lowest BCUT2D eigenvalue weighted by Gasteiger charge is -2.21. The van der Waals surface area contributed by atoms with Gasteiger partial charge in [0, 0.05) is 17.6 Å². The van der Waals surface area contributed by atoms with E-state index in [1.807, 2.05) is 40.0 Å². The van der Waals surface area contributed by atoms with Crippen LogP contribution in [0.2, 0.25) is 0 Å². The quantitative estimate of drug-likeness (QED) is 0.774. The van der Waals surface area contributed by atoms with Crippen molar-refractivity contribution < 1.29 is 9.53 Å². The zero-order valence-corrected chi connectivity index (χ0v) is 13.7. The summed E-state index contributed by atoms with van der Waals surface area (Å²) in [6.45, 7) is 7.18. The van der Waals surface area contributed by atoms with Gasteiger partial charge in [0.25, 0.3) is 0 Å². The normalized spacial score (nSPS) is 11.7. The molecule has 0 heterocycles. The monoisotopic (exact) mass is 327 g/mol. The van der Waals surface area contributed by atoms with Crippen LogP contribution in [0, 0.1) is 0 Å². The van der Waals surface area contributed by atoms with Crippen LogP contribution in [0.15, 0.2) is 28.7 Å². The van der Waals surface area contributed by atoms with E-state index < -0.39 is 5.60 Å². The SMILES string of the molecule is CN(CCC(=O)OC(C)(C)C)Cc1ccc(Br)cc1. The van der Waals surface area contributed by atoms with Gasteiger partial charge in [0.2, 0.25) is 0 Å². The minimum Gasteiger partial charge on any atom is -0.460 e. The standard InChI is InChI=1S/C15H22BrNO2/c1-15(2,3)19-14(18)9-10-17(4)11-12-5-7-13(16)8-6-12/h5-8H,9-11H2,1-4H3. The molecule has 0 bridgehead atoms. The van der Waals surface area contributed by atoms with Crippen LogP contribution in [0.5, 0.6) is 0 Å². The van der Waals surface area contributed by atoms with Crippen LogP contribution in [-0.4, -0.2) is 30.1 Å². The minimum absolute atomic E-state index is 0.143. The number of carbonyl (C=O) groups is 1. The van der Waals surface area contributed by atoms with Gasteiger partial charge in [0.1, 0.15) is 5.60 Å². The number of halogens is 1. The first-order valence-corrected chi connectivity index (χ1v) is 7.20. The van der Waals surface area contributed by atoms with Crippen molar-refractivity contribution in [1.82, 2.24) is 4.90 Å². The molecule has 0 atom stereocenters. The Morgan fingerprint density at radius 1 is 1.26 bits per heavy atom.